The first-order chi connectivity index (χ1) is 19.9. The molecule has 0 N–H and O–H groups in total. The quantitative estimate of drug-likeness (QED) is 0.242. The second kappa shape index (κ2) is 9.96. The van der Waals surface area contributed by atoms with Gasteiger partial charge >= 0.3 is 17.9 Å². The number of hydrogen-bond acceptors (Lipinski definition) is 8. The molecule has 8 nitrogen and oxygen atoms in total. The van der Waals surface area contributed by atoms with Gasteiger partial charge in [0.2, 0.25) is 0 Å². The van der Waals surface area contributed by atoms with E-state index in [0.29, 0.717) is 24.8 Å². The first-order valence-corrected chi connectivity index (χ1v) is 14.7. The van der Waals surface area contributed by atoms with Crippen molar-refractivity contribution in [1.82, 2.24) is 0 Å². The molecule has 1 aliphatic heterocycles. The molecule has 2 aromatic rings. The fourth-order valence-corrected chi connectivity index (χ4v) is 8.95. The average molecular weight is 575 g/mol. The van der Waals surface area contributed by atoms with Crippen LogP contribution in [0.25, 0.3) is 0 Å². The summed E-state index contributed by atoms with van der Waals surface area (Å²) in [5, 5.41) is 0. The molecule has 0 amide bonds. The SMILES string of the molecule is COC(=O)CC1C(C)(C)C(OC(=O)c2ccccc2)C2CC3=C4CC(=O)OC(c5ccoc5)C4(C)CCC3C1(C)C2=O. The molecule has 1 aromatic heterocycles. The van der Waals surface area contributed by atoms with E-state index >= 15 is 0 Å². The minimum atomic E-state index is -0.910. The monoisotopic (exact) mass is 574 g/mol. The van der Waals surface area contributed by atoms with Crippen molar-refractivity contribution < 1.29 is 37.8 Å². The van der Waals surface area contributed by atoms with E-state index in [9.17, 15) is 19.2 Å². The van der Waals surface area contributed by atoms with E-state index in [2.05, 4.69) is 6.92 Å². The summed E-state index contributed by atoms with van der Waals surface area (Å²) < 4.78 is 22.6. The maximum absolute atomic E-state index is 14.6. The topological polar surface area (TPSA) is 109 Å². The molecule has 2 heterocycles. The van der Waals surface area contributed by atoms with Gasteiger partial charge < -0.3 is 18.6 Å². The highest BCUT2D eigenvalue weighted by molar-refractivity contribution is 5.94. The van der Waals surface area contributed by atoms with Gasteiger partial charge in [0.05, 0.1) is 37.5 Å². The van der Waals surface area contributed by atoms with Gasteiger partial charge in [-0.2, -0.15) is 0 Å². The fraction of sp³-hybridized carbons (Fsp3) is 0.529. The summed E-state index contributed by atoms with van der Waals surface area (Å²) in [6, 6.07) is 10.6. The minimum absolute atomic E-state index is 0.0179. The van der Waals surface area contributed by atoms with Crippen LogP contribution in [0.4, 0.5) is 0 Å². The highest BCUT2D eigenvalue weighted by Gasteiger charge is 2.68. The molecule has 3 aliphatic carbocycles. The third-order valence-electron chi connectivity index (χ3n) is 11.0. The van der Waals surface area contributed by atoms with E-state index in [1.807, 2.05) is 32.9 Å². The van der Waals surface area contributed by atoms with Gasteiger partial charge in [-0.3, -0.25) is 14.4 Å². The number of hydrogen-bond donors (Lipinski definition) is 0. The van der Waals surface area contributed by atoms with Crippen LogP contribution in [0.15, 0.2) is 64.5 Å². The molecule has 2 saturated carbocycles. The van der Waals surface area contributed by atoms with Crippen molar-refractivity contribution in [3.8, 4) is 0 Å². The van der Waals surface area contributed by atoms with E-state index in [-0.39, 0.29) is 30.5 Å². The van der Waals surface area contributed by atoms with Gasteiger partial charge in [0, 0.05) is 28.2 Å². The van der Waals surface area contributed by atoms with E-state index in [4.69, 9.17) is 18.6 Å². The first-order valence-electron chi connectivity index (χ1n) is 14.7. The highest BCUT2D eigenvalue weighted by Crippen LogP contribution is 2.68. The Kier molecular flexibility index (Phi) is 6.74. The smallest absolute Gasteiger partial charge is 0.338 e. The zero-order valence-corrected chi connectivity index (χ0v) is 24.8. The number of methoxy groups -OCH3 is 1. The third kappa shape index (κ3) is 4.08. The number of ketones is 1. The predicted octanol–water partition coefficient (Wildman–Crippen LogP) is 6.02. The number of carbonyl (C=O) groups excluding carboxylic acids is 4. The number of rotatable bonds is 5. The van der Waals surface area contributed by atoms with E-state index in [1.165, 1.54) is 7.11 Å². The number of furan rings is 1. The Morgan fingerprint density at radius 2 is 1.79 bits per heavy atom. The van der Waals surface area contributed by atoms with Gasteiger partial charge in [0.15, 0.2) is 0 Å². The van der Waals surface area contributed by atoms with Gasteiger partial charge in [0.25, 0.3) is 0 Å². The van der Waals surface area contributed by atoms with Crippen LogP contribution < -0.4 is 0 Å². The Balaban J connectivity index is 1.49. The van der Waals surface area contributed by atoms with Crippen LogP contribution in [-0.4, -0.2) is 36.9 Å². The first kappa shape index (κ1) is 28.4. The predicted molar refractivity (Wildman–Crippen MR) is 151 cm³/mol. The Morgan fingerprint density at radius 1 is 1.05 bits per heavy atom. The summed E-state index contributed by atoms with van der Waals surface area (Å²) >= 11 is 0. The molecule has 2 bridgehead atoms. The summed E-state index contributed by atoms with van der Waals surface area (Å²) in [5.74, 6) is -2.43. The average Bonchev–Trinajstić information content (AvgIpc) is 3.51. The molecule has 7 atom stereocenters. The number of benzene rings is 1. The van der Waals surface area contributed by atoms with Crippen LogP contribution in [0.3, 0.4) is 0 Å². The molecule has 8 heteroatoms. The molecule has 42 heavy (non-hydrogen) atoms. The van der Waals surface area contributed by atoms with Crippen molar-refractivity contribution >= 4 is 23.7 Å². The lowest BCUT2D eigenvalue weighted by Gasteiger charge is -2.63. The van der Waals surface area contributed by atoms with Gasteiger partial charge in [0.1, 0.15) is 18.0 Å². The molecule has 3 fully saturated rings. The van der Waals surface area contributed by atoms with Crippen LogP contribution in [0.1, 0.15) is 81.8 Å². The molecule has 0 spiro atoms. The van der Waals surface area contributed by atoms with E-state index < -0.39 is 52.2 Å². The van der Waals surface area contributed by atoms with Crippen LogP contribution in [0.2, 0.25) is 0 Å². The molecule has 1 aromatic carbocycles. The zero-order valence-electron chi connectivity index (χ0n) is 24.8. The number of Topliss-reactive ketones (excluding diaryl/α,β-unsaturated/α-hetero) is 1. The van der Waals surface area contributed by atoms with Gasteiger partial charge in [-0.25, -0.2) is 4.79 Å². The van der Waals surface area contributed by atoms with Crippen molar-refractivity contribution in [2.75, 3.05) is 7.11 Å². The third-order valence-corrected chi connectivity index (χ3v) is 11.0. The van der Waals surface area contributed by atoms with Crippen molar-refractivity contribution in [3.63, 3.8) is 0 Å². The number of allylic oxidation sites excluding steroid dienone is 1. The molecule has 1 saturated heterocycles. The summed E-state index contributed by atoms with van der Waals surface area (Å²) in [6.45, 7) is 8.11. The van der Waals surface area contributed by atoms with Crippen molar-refractivity contribution in [3.05, 3.63) is 71.2 Å². The van der Waals surface area contributed by atoms with Crippen LogP contribution in [-0.2, 0) is 28.6 Å². The Labute approximate surface area is 245 Å². The number of carbonyl (C=O) groups is 4. The minimum Gasteiger partial charge on any atom is -0.472 e. The second-order valence-corrected chi connectivity index (χ2v) is 13.4. The summed E-state index contributed by atoms with van der Waals surface area (Å²) in [6.07, 6.45) is 3.91. The summed E-state index contributed by atoms with van der Waals surface area (Å²) in [4.78, 5) is 53.9. The molecule has 222 valence electrons. The lowest BCUT2D eigenvalue weighted by molar-refractivity contribution is -0.186. The molecular formula is C34H38O8. The Hall–Kier alpha value is -3.68. The molecule has 0 radical (unpaired) electrons. The van der Waals surface area contributed by atoms with Crippen molar-refractivity contribution in [2.45, 2.75) is 72.0 Å². The summed E-state index contributed by atoms with van der Waals surface area (Å²) in [5.41, 5.74) is 1.19. The maximum atomic E-state index is 14.6. The molecular weight excluding hydrogens is 536 g/mol. The van der Waals surface area contributed by atoms with E-state index in [1.54, 1.807) is 36.8 Å². The zero-order chi connectivity index (χ0) is 30.0. The van der Waals surface area contributed by atoms with Crippen LogP contribution >= 0.6 is 0 Å². The lowest BCUT2D eigenvalue weighted by Crippen LogP contribution is -2.66. The van der Waals surface area contributed by atoms with Gasteiger partial charge in [-0.15, -0.1) is 0 Å². The molecule has 7 unspecified atom stereocenters. The standard InChI is InChI=1S/C34H38O8/c1-32(2)25(17-26(35)39-5)34(4)23-11-13-33(3)24(16-27(36)41-29(33)20-12-14-40-18-20)21(23)15-22(28(34)37)30(32)42-31(38)19-9-7-6-8-10-19/h6-10,12,14,18,22-23,25,29-30H,11,13,15-17H2,1-5H3. The van der Waals surface area contributed by atoms with Crippen molar-refractivity contribution in [1.29, 1.82) is 0 Å². The molecule has 4 aliphatic rings. The fourth-order valence-electron chi connectivity index (χ4n) is 8.95. The largest absolute Gasteiger partial charge is 0.472 e. The van der Waals surface area contributed by atoms with Crippen LogP contribution in [0, 0.1) is 34.0 Å². The lowest BCUT2D eigenvalue weighted by atomic mass is 9.40. The number of esters is 3. The Morgan fingerprint density at radius 3 is 2.45 bits per heavy atom. The van der Waals surface area contributed by atoms with Crippen LogP contribution in [0.5, 0.6) is 0 Å². The van der Waals surface area contributed by atoms with Crippen molar-refractivity contribution in [2.24, 2.45) is 34.0 Å². The normalized spacial score (nSPS) is 35.0. The van der Waals surface area contributed by atoms with Gasteiger partial charge in [-0.1, -0.05) is 51.5 Å². The maximum Gasteiger partial charge on any atom is 0.338 e. The number of fused-ring (bicyclic) bond motifs is 5. The number of ether oxygens (including phenoxy) is 3. The summed E-state index contributed by atoms with van der Waals surface area (Å²) in [7, 11) is 1.35. The highest BCUT2D eigenvalue weighted by atomic mass is 16.6. The number of cyclic esters (lactones) is 1. The Bertz CT molecular complexity index is 1450. The van der Waals surface area contributed by atoms with Gasteiger partial charge in [-0.05, 0) is 54.9 Å². The second-order valence-electron chi connectivity index (χ2n) is 13.4. The molecule has 6 rings (SSSR count). The van der Waals surface area contributed by atoms with E-state index in [0.717, 1.165) is 16.7 Å².